The number of aromatic nitrogens is 4. The average molecular weight is 841 g/mol. The van der Waals surface area contributed by atoms with Crippen LogP contribution in [0.15, 0.2) is 122 Å². The highest BCUT2D eigenvalue weighted by Crippen LogP contribution is 2.36. The van der Waals surface area contributed by atoms with Gasteiger partial charge < -0.3 is 35.1 Å². The standard InChI is InChI=1S/C50H48N8O5/c1-63-50(62)56-44(37-12-6-3-7-13-37)49(61)57-28-8-14-41(57)45-51-30-39(53-45)27-18-32-16-19-33(20-17-32)34-21-23-35(24-22-34)40-31-52-46(54-40)42-15-9-29-58(42)48(60)43(36-10-4-2-5-11-36)55-47(59)38-25-26-38/h2-7,10-13,16-17,19-24,30-31,38,41-44H,8-9,14-15,25-26,28-29H2,1H3,(H,51,53)(H,52,54)(H,55,59)(H,56,62)/t41-,42-,43+,44+/m0/s1. The van der Waals surface area contributed by atoms with Crippen LogP contribution in [-0.4, -0.2) is 73.7 Å². The van der Waals surface area contributed by atoms with E-state index in [1.54, 1.807) is 11.1 Å². The molecule has 1 saturated carbocycles. The van der Waals surface area contributed by atoms with Crippen LogP contribution in [-0.2, 0) is 19.1 Å². The Kier molecular flexibility index (Phi) is 11.9. The second kappa shape index (κ2) is 18.3. The van der Waals surface area contributed by atoms with Crippen LogP contribution in [0.25, 0.3) is 22.4 Å². The van der Waals surface area contributed by atoms with Gasteiger partial charge in [-0.25, -0.2) is 14.8 Å². The van der Waals surface area contributed by atoms with Crippen LogP contribution in [0.2, 0.25) is 0 Å². The summed E-state index contributed by atoms with van der Waals surface area (Å²) in [5, 5.41) is 5.74. The zero-order chi connectivity index (χ0) is 43.3. The summed E-state index contributed by atoms with van der Waals surface area (Å²) in [6.07, 6.45) is 7.75. The van der Waals surface area contributed by atoms with E-state index in [0.29, 0.717) is 30.2 Å². The maximum atomic E-state index is 14.1. The van der Waals surface area contributed by atoms with Crippen molar-refractivity contribution in [2.45, 2.75) is 62.7 Å². The summed E-state index contributed by atoms with van der Waals surface area (Å²) in [5.74, 6) is 7.39. The molecule has 4 amide bonds. The van der Waals surface area contributed by atoms with Crippen molar-refractivity contribution in [1.29, 1.82) is 0 Å². The van der Waals surface area contributed by atoms with E-state index < -0.39 is 18.2 Å². The first kappa shape index (κ1) is 40.9. The van der Waals surface area contributed by atoms with Crippen molar-refractivity contribution < 1.29 is 23.9 Å². The number of imidazole rings is 2. The Morgan fingerprint density at radius 2 is 1.16 bits per heavy atom. The van der Waals surface area contributed by atoms with Gasteiger partial charge in [-0.1, -0.05) is 103 Å². The lowest BCUT2D eigenvalue weighted by Gasteiger charge is -2.28. The van der Waals surface area contributed by atoms with E-state index in [1.165, 1.54) is 7.11 Å². The van der Waals surface area contributed by atoms with E-state index in [9.17, 15) is 19.2 Å². The van der Waals surface area contributed by atoms with Crippen molar-refractivity contribution in [2.75, 3.05) is 20.2 Å². The topological polar surface area (TPSA) is 165 Å². The van der Waals surface area contributed by atoms with Gasteiger partial charge in [0.15, 0.2) is 0 Å². The molecule has 1 aliphatic carbocycles. The van der Waals surface area contributed by atoms with Crippen LogP contribution >= 0.6 is 0 Å². The van der Waals surface area contributed by atoms with Gasteiger partial charge in [0.1, 0.15) is 29.4 Å². The summed E-state index contributed by atoms with van der Waals surface area (Å²) < 4.78 is 4.82. The average Bonchev–Trinajstić information content (AvgIpc) is 3.76. The molecular formula is C50H48N8O5. The van der Waals surface area contributed by atoms with Crippen molar-refractivity contribution in [3.63, 3.8) is 0 Å². The van der Waals surface area contributed by atoms with Crippen molar-refractivity contribution in [3.05, 3.63) is 156 Å². The van der Waals surface area contributed by atoms with Crippen molar-refractivity contribution >= 4 is 23.8 Å². The molecule has 2 aromatic heterocycles. The number of rotatable bonds is 11. The maximum absolute atomic E-state index is 14.1. The number of nitrogens with zero attached hydrogens (tertiary/aromatic N) is 4. The summed E-state index contributed by atoms with van der Waals surface area (Å²) in [6.45, 7) is 1.14. The number of hydrogen-bond donors (Lipinski definition) is 4. The van der Waals surface area contributed by atoms with Crippen molar-refractivity contribution in [2.24, 2.45) is 5.92 Å². The summed E-state index contributed by atoms with van der Waals surface area (Å²) in [4.78, 5) is 72.7. The predicted molar refractivity (Wildman–Crippen MR) is 236 cm³/mol. The summed E-state index contributed by atoms with van der Waals surface area (Å²) in [5.41, 5.74) is 6.87. The van der Waals surface area contributed by atoms with Gasteiger partial charge in [-0.15, -0.1) is 0 Å². The van der Waals surface area contributed by atoms with Gasteiger partial charge >= 0.3 is 6.09 Å². The van der Waals surface area contributed by atoms with Gasteiger partial charge in [0, 0.05) is 24.6 Å². The maximum Gasteiger partial charge on any atom is 0.407 e. The van der Waals surface area contributed by atoms with Gasteiger partial charge in [0.2, 0.25) is 11.8 Å². The molecule has 63 heavy (non-hydrogen) atoms. The summed E-state index contributed by atoms with van der Waals surface area (Å²) in [6, 6.07) is 32.8. The lowest BCUT2D eigenvalue weighted by molar-refractivity contribution is -0.138. The molecule has 0 bridgehead atoms. The summed E-state index contributed by atoms with van der Waals surface area (Å²) in [7, 11) is 1.28. The van der Waals surface area contributed by atoms with Crippen molar-refractivity contribution in [1.82, 2.24) is 40.4 Å². The minimum atomic E-state index is -0.888. The number of likely N-dealkylation sites (tertiary alicyclic amines) is 2. The van der Waals surface area contributed by atoms with E-state index in [0.717, 1.165) is 77.9 Å². The predicted octanol–water partition coefficient (Wildman–Crippen LogP) is 7.56. The summed E-state index contributed by atoms with van der Waals surface area (Å²) >= 11 is 0. The molecule has 0 radical (unpaired) electrons. The first-order valence-corrected chi connectivity index (χ1v) is 21.5. The Morgan fingerprint density at radius 1 is 0.635 bits per heavy atom. The quantitative estimate of drug-likeness (QED) is 0.0978. The Hall–Kier alpha value is -7.46. The molecule has 3 aliphatic rings. The number of carbonyl (C=O) groups excluding carboxylic acids is 4. The Morgan fingerprint density at radius 3 is 1.73 bits per heavy atom. The molecule has 318 valence electrons. The fraction of sp³-hybridized carbons (Fsp3) is 0.280. The van der Waals surface area contributed by atoms with Crippen LogP contribution in [0, 0.1) is 17.8 Å². The van der Waals surface area contributed by atoms with Gasteiger partial charge in [0.25, 0.3) is 5.91 Å². The molecule has 4 heterocycles. The Balaban J connectivity index is 0.833. The zero-order valence-electron chi connectivity index (χ0n) is 34.9. The lowest BCUT2D eigenvalue weighted by atomic mass is 10.0. The van der Waals surface area contributed by atoms with Gasteiger partial charge in [-0.05, 0) is 84.4 Å². The molecule has 3 fully saturated rings. The monoisotopic (exact) mass is 840 g/mol. The van der Waals surface area contributed by atoms with Gasteiger partial charge in [-0.2, -0.15) is 0 Å². The molecule has 2 aliphatic heterocycles. The van der Waals surface area contributed by atoms with Gasteiger partial charge in [-0.3, -0.25) is 14.4 Å². The van der Waals surface area contributed by atoms with Crippen LogP contribution in [0.1, 0.15) is 96.7 Å². The molecule has 4 atom stereocenters. The molecule has 0 spiro atoms. The van der Waals surface area contributed by atoms with E-state index in [-0.39, 0.29) is 35.7 Å². The molecule has 13 heteroatoms. The number of nitrogens with one attached hydrogen (secondary N) is 4. The van der Waals surface area contributed by atoms with E-state index in [2.05, 4.69) is 61.7 Å². The van der Waals surface area contributed by atoms with E-state index in [4.69, 9.17) is 9.72 Å². The molecule has 2 saturated heterocycles. The lowest BCUT2D eigenvalue weighted by Crippen LogP contribution is -2.43. The number of H-pyrrole nitrogens is 2. The molecular weight excluding hydrogens is 793 g/mol. The second-order valence-corrected chi connectivity index (χ2v) is 16.3. The van der Waals surface area contributed by atoms with E-state index in [1.807, 2.05) is 96.0 Å². The third-order valence-electron chi connectivity index (χ3n) is 12.1. The molecule has 4 aromatic carbocycles. The number of alkyl carbamates (subject to hydrolysis) is 1. The Bertz CT molecular complexity index is 2650. The largest absolute Gasteiger partial charge is 0.453 e. The highest BCUT2D eigenvalue weighted by Gasteiger charge is 2.40. The fourth-order valence-electron chi connectivity index (χ4n) is 8.56. The molecule has 6 aromatic rings. The number of methoxy groups -OCH3 is 1. The smallest absolute Gasteiger partial charge is 0.407 e. The van der Waals surface area contributed by atoms with Crippen LogP contribution < -0.4 is 10.6 Å². The fourth-order valence-corrected chi connectivity index (χ4v) is 8.56. The SMILES string of the molecule is COC(=O)N[C@@H](C(=O)N1CCC[C@H]1c1ncc(C#Cc2ccc(-c3ccc(-c4cnc([C@@H]5CCCN5C(=O)[C@H](NC(=O)C5CC5)c5ccccc5)[nH]4)cc3)cc2)[nH]1)c1ccccc1. The molecule has 13 nitrogen and oxygen atoms in total. The third kappa shape index (κ3) is 9.11. The first-order valence-electron chi connectivity index (χ1n) is 21.5. The highest BCUT2D eigenvalue weighted by atomic mass is 16.5. The minimum absolute atomic E-state index is 0.00262. The second-order valence-electron chi connectivity index (χ2n) is 16.3. The normalized spacial score (nSPS) is 17.9. The first-order chi connectivity index (χ1) is 30.8. The van der Waals surface area contributed by atoms with Crippen LogP contribution in [0.5, 0.6) is 0 Å². The number of aromatic amines is 2. The number of hydrogen-bond acceptors (Lipinski definition) is 7. The molecule has 4 N–H and O–H groups in total. The minimum Gasteiger partial charge on any atom is -0.453 e. The van der Waals surface area contributed by atoms with Crippen molar-refractivity contribution in [3.8, 4) is 34.2 Å². The van der Waals surface area contributed by atoms with Crippen LogP contribution in [0.4, 0.5) is 4.79 Å². The van der Waals surface area contributed by atoms with Crippen LogP contribution in [0.3, 0.4) is 0 Å². The number of ether oxygens (including phenoxy) is 1. The number of carbonyl (C=O) groups is 4. The van der Waals surface area contributed by atoms with E-state index >= 15 is 0 Å². The zero-order valence-corrected chi connectivity index (χ0v) is 34.9. The number of benzene rings is 4. The molecule has 9 rings (SSSR count). The number of amides is 4. The Labute approximate surface area is 365 Å². The highest BCUT2D eigenvalue weighted by molar-refractivity contribution is 5.91. The molecule has 0 unspecified atom stereocenters. The van der Waals surface area contributed by atoms with Gasteiger partial charge in [0.05, 0.1) is 37.3 Å². The third-order valence-corrected chi connectivity index (χ3v) is 12.1.